The molecule has 0 aromatic rings. The fourth-order valence-corrected chi connectivity index (χ4v) is 9.27. The molecule has 0 aromatic heterocycles. The molecule has 0 aliphatic carbocycles. The van der Waals surface area contributed by atoms with E-state index >= 15 is 0 Å². The number of esters is 3. The van der Waals surface area contributed by atoms with Crippen LogP contribution in [0.15, 0.2) is 146 Å². The first-order valence-electron chi connectivity index (χ1n) is 34.3. The van der Waals surface area contributed by atoms with Crippen LogP contribution in [0, 0.1) is 0 Å². The Balaban J connectivity index is 4.36. The van der Waals surface area contributed by atoms with Gasteiger partial charge in [-0.1, -0.05) is 308 Å². The molecule has 83 heavy (non-hydrogen) atoms. The molecule has 6 nitrogen and oxygen atoms in total. The molecule has 0 amide bonds. The molecule has 0 saturated heterocycles. The minimum absolute atomic E-state index is 0.0878. The highest BCUT2D eigenvalue weighted by Gasteiger charge is 2.19. The van der Waals surface area contributed by atoms with E-state index in [1.807, 2.05) is 0 Å². The molecular formula is C77H126O6. The highest BCUT2D eigenvalue weighted by Crippen LogP contribution is 2.16. The second-order valence-corrected chi connectivity index (χ2v) is 22.3. The summed E-state index contributed by atoms with van der Waals surface area (Å²) in [6, 6.07) is 0. The summed E-state index contributed by atoms with van der Waals surface area (Å²) in [5, 5.41) is 0. The molecule has 0 spiro atoms. The Morgan fingerprint density at radius 2 is 0.470 bits per heavy atom. The zero-order valence-electron chi connectivity index (χ0n) is 53.9. The Morgan fingerprint density at radius 1 is 0.253 bits per heavy atom. The van der Waals surface area contributed by atoms with Gasteiger partial charge in [-0.2, -0.15) is 0 Å². The van der Waals surface area contributed by atoms with Gasteiger partial charge in [0.1, 0.15) is 13.2 Å². The topological polar surface area (TPSA) is 78.9 Å². The summed E-state index contributed by atoms with van der Waals surface area (Å²) < 4.78 is 16.9. The first kappa shape index (κ1) is 78.3. The third kappa shape index (κ3) is 68.0. The molecule has 470 valence electrons. The molecule has 0 saturated carbocycles. The highest BCUT2D eigenvalue weighted by molar-refractivity contribution is 5.71. The molecule has 0 heterocycles. The van der Waals surface area contributed by atoms with Gasteiger partial charge < -0.3 is 14.2 Å². The SMILES string of the molecule is CC/C=C\C/C=C\C/C=C\C/C=C\C/C=C\C/C=C\C/C=C\C/C=C\CCCCCCCCC(=O)OCC(COC(=O)CCCCCCCCCCCCCCC)OC(=O)CCCCCCCCCC/C=C\C/C=C\C/C=C\C/C=C\CC. The molecule has 0 radical (unpaired) electrons. The molecule has 0 bridgehead atoms. The molecule has 0 fully saturated rings. The van der Waals surface area contributed by atoms with Crippen molar-refractivity contribution in [2.75, 3.05) is 13.2 Å². The van der Waals surface area contributed by atoms with Crippen LogP contribution < -0.4 is 0 Å². The second-order valence-electron chi connectivity index (χ2n) is 22.3. The van der Waals surface area contributed by atoms with Crippen molar-refractivity contribution in [3.63, 3.8) is 0 Å². The Bertz CT molecular complexity index is 1800. The predicted octanol–water partition coefficient (Wildman–Crippen LogP) is 23.9. The van der Waals surface area contributed by atoms with E-state index in [1.54, 1.807) is 0 Å². The van der Waals surface area contributed by atoms with Crippen LogP contribution in [0.5, 0.6) is 0 Å². The van der Waals surface area contributed by atoms with E-state index in [2.05, 4.69) is 167 Å². The van der Waals surface area contributed by atoms with Crippen LogP contribution in [0.4, 0.5) is 0 Å². The minimum atomic E-state index is -0.794. The molecule has 0 aromatic carbocycles. The number of carbonyl (C=O) groups is 3. The summed E-state index contributed by atoms with van der Waals surface area (Å²) in [6.07, 6.45) is 100.0. The Hall–Kier alpha value is -4.71. The van der Waals surface area contributed by atoms with Gasteiger partial charge >= 0.3 is 17.9 Å². The molecule has 0 rings (SSSR count). The normalized spacial score (nSPS) is 13.0. The summed E-state index contributed by atoms with van der Waals surface area (Å²) in [5.74, 6) is -0.906. The van der Waals surface area contributed by atoms with Gasteiger partial charge in [0.2, 0.25) is 0 Å². The van der Waals surface area contributed by atoms with Crippen LogP contribution in [0.3, 0.4) is 0 Å². The molecule has 1 unspecified atom stereocenters. The molecule has 6 heteroatoms. The summed E-state index contributed by atoms with van der Waals surface area (Å²) in [6.45, 7) is 6.41. The number of ether oxygens (including phenoxy) is 3. The van der Waals surface area contributed by atoms with Gasteiger partial charge in [-0.25, -0.2) is 0 Å². The van der Waals surface area contributed by atoms with Crippen LogP contribution in [0.25, 0.3) is 0 Å². The molecule has 1 atom stereocenters. The van der Waals surface area contributed by atoms with Crippen LogP contribution >= 0.6 is 0 Å². The van der Waals surface area contributed by atoms with Gasteiger partial charge in [0.05, 0.1) is 0 Å². The quantitative estimate of drug-likeness (QED) is 0.0261. The van der Waals surface area contributed by atoms with Crippen LogP contribution in [0.1, 0.15) is 303 Å². The lowest BCUT2D eigenvalue weighted by molar-refractivity contribution is -0.167. The molecule has 0 aliphatic rings. The van der Waals surface area contributed by atoms with Crippen LogP contribution in [-0.4, -0.2) is 37.2 Å². The van der Waals surface area contributed by atoms with Gasteiger partial charge in [0.25, 0.3) is 0 Å². The Morgan fingerprint density at radius 3 is 0.735 bits per heavy atom. The van der Waals surface area contributed by atoms with Crippen molar-refractivity contribution in [2.24, 2.45) is 0 Å². The van der Waals surface area contributed by atoms with E-state index in [9.17, 15) is 14.4 Å². The van der Waals surface area contributed by atoms with E-state index in [-0.39, 0.29) is 31.1 Å². The first-order chi connectivity index (χ1) is 41.0. The highest BCUT2D eigenvalue weighted by atomic mass is 16.6. The maximum Gasteiger partial charge on any atom is 0.306 e. The average molecular weight is 1150 g/mol. The van der Waals surface area contributed by atoms with Gasteiger partial charge in [0.15, 0.2) is 6.10 Å². The van der Waals surface area contributed by atoms with Crippen molar-refractivity contribution >= 4 is 17.9 Å². The summed E-state index contributed by atoms with van der Waals surface area (Å²) in [7, 11) is 0. The predicted molar refractivity (Wildman–Crippen MR) is 362 cm³/mol. The average Bonchev–Trinajstić information content (AvgIpc) is 3.49. The molecule has 0 aliphatic heterocycles. The lowest BCUT2D eigenvalue weighted by Crippen LogP contribution is -2.30. The van der Waals surface area contributed by atoms with Gasteiger partial charge in [-0.3, -0.25) is 14.4 Å². The smallest absolute Gasteiger partial charge is 0.306 e. The third-order valence-electron chi connectivity index (χ3n) is 14.3. The largest absolute Gasteiger partial charge is 0.462 e. The summed E-state index contributed by atoms with van der Waals surface area (Å²) >= 11 is 0. The standard InChI is InChI=1S/C77H126O6/c1-4-7-10-13-16-19-22-25-27-29-31-33-34-35-36-37-38-39-40-41-42-44-45-47-49-52-55-58-61-64-67-70-76(79)82-73-74(72-81-75(78)69-66-63-60-57-54-51-24-21-18-15-12-9-6-3)83-77(80)71-68-65-62-59-56-53-50-48-46-43-32-30-28-26-23-20-17-14-11-8-5-2/h7-8,10-11,16-17,19-20,25-28,31-33,35-36,38-39,41-43,45,47,74H,4-6,9,12-15,18,21-24,29-30,34,37,40,44,46,48-73H2,1-3H3/b10-7-,11-8-,19-16-,20-17-,27-25-,28-26-,33-31-,36-35-,39-38-,42-41-,43-32-,47-45-. The van der Waals surface area contributed by atoms with Crippen molar-refractivity contribution in [1.29, 1.82) is 0 Å². The molecule has 0 N–H and O–H groups in total. The van der Waals surface area contributed by atoms with Crippen LogP contribution in [0.2, 0.25) is 0 Å². The minimum Gasteiger partial charge on any atom is -0.462 e. The Kier molecular flexibility index (Phi) is 65.8. The van der Waals surface area contributed by atoms with Gasteiger partial charge in [-0.05, 0) is 122 Å². The number of hydrogen-bond acceptors (Lipinski definition) is 6. The monoisotopic (exact) mass is 1150 g/mol. The van der Waals surface area contributed by atoms with Crippen molar-refractivity contribution in [2.45, 2.75) is 309 Å². The van der Waals surface area contributed by atoms with Crippen molar-refractivity contribution in [1.82, 2.24) is 0 Å². The van der Waals surface area contributed by atoms with Gasteiger partial charge in [0, 0.05) is 19.3 Å². The van der Waals surface area contributed by atoms with Crippen molar-refractivity contribution < 1.29 is 28.6 Å². The third-order valence-corrected chi connectivity index (χ3v) is 14.3. The summed E-state index contributed by atoms with van der Waals surface area (Å²) in [4.78, 5) is 38.4. The van der Waals surface area contributed by atoms with E-state index < -0.39 is 6.10 Å². The first-order valence-corrected chi connectivity index (χ1v) is 34.3. The lowest BCUT2D eigenvalue weighted by Gasteiger charge is -2.18. The number of hydrogen-bond donors (Lipinski definition) is 0. The van der Waals surface area contributed by atoms with Crippen molar-refractivity contribution in [3.8, 4) is 0 Å². The van der Waals surface area contributed by atoms with Gasteiger partial charge in [-0.15, -0.1) is 0 Å². The van der Waals surface area contributed by atoms with Crippen LogP contribution in [-0.2, 0) is 28.6 Å². The number of allylic oxidation sites excluding steroid dienone is 24. The maximum atomic E-state index is 12.9. The zero-order chi connectivity index (χ0) is 59.9. The van der Waals surface area contributed by atoms with E-state index in [4.69, 9.17) is 14.2 Å². The lowest BCUT2D eigenvalue weighted by atomic mass is 10.0. The summed E-state index contributed by atoms with van der Waals surface area (Å²) in [5.41, 5.74) is 0. The van der Waals surface area contributed by atoms with Crippen molar-refractivity contribution in [3.05, 3.63) is 146 Å². The maximum absolute atomic E-state index is 12.9. The van der Waals surface area contributed by atoms with E-state index in [0.29, 0.717) is 19.3 Å². The Labute approximate surface area is 512 Å². The fraction of sp³-hybridized carbons (Fsp3) is 0.649. The zero-order valence-corrected chi connectivity index (χ0v) is 53.9. The number of unbranched alkanes of at least 4 members (excludes halogenated alkanes) is 26. The van der Waals surface area contributed by atoms with E-state index in [1.165, 1.54) is 109 Å². The number of carbonyl (C=O) groups excluding carboxylic acids is 3. The van der Waals surface area contributed by atoms with E-state index in [0.717, 1.165) is 154 Å². The number of rotatable bonds is 61. The fourth-order valence-electron chi connectivity index (χ4n) is 9.27. The second kappa shape index (κ2) is 69.8. The molecular weight excluding hydrogens is 1020 g/mol.